The molecular weight excluding hydrogens is 496 g/mol. The number of benzene rings is 2. The lowest BCUT2D eigenvalue weighted by Crippen LogP contribution is -2.48. The van der Waals surface area contributed by atoms with Gasteiger partial charge >= 0.3 is 0 Å². The molecule has 2 rings (SSSR count). The smallest absolute Gasteiger partial charge is 0.243 e. The third-order valence-corrected chi connectivity index (χ3v) is 7.47. The van der Waals surface area contributed by atoms with Gasteiger partial charge in [0, 0.05) is 38.4 Å². The zero-order valence-corrected chi connectivity index (χ0v) is 22.3. The third-order valence-electron chi connectivity index (χ3n) is 5.05. The number of carbonyl (C=O) groups excluding carboxylic acids is 4. The zero-order valence-electron chi connectivity index (χ0n) is 20.6. The van der Waals surface area contributed by atoms with E-state index in [1.165, 1.54) is 35.4 Å². The minimum Gasteiger partial charge on any atom is -0.354 e. The molecule has 0 aliphatic rings. The predicted molar refractivity (Wildman–Crippen MR) is 146 cm³/mol. The average molecular weight is 531 g/mol. The molecule has 0 bridgehead atoms. The molecule has 4 N–H and O–H groups in total. The first-order valence-corrected chi connectivity index (χ1v) is 14.3. The van der Waals surface area contributed by atoms with Crippen LogP contribution in [0.3, 0.4) is 0 Å². The van der Waals surface area contributed by atoms with Crippen molar-refractivity contribution in [3.8, 4) is 0 Å². The Morgan fingerprint density at radius 2 is 1.00 bits per heavy atom. The zero-order chi connectivity index (χ0) is 26.2. The van der Waals surface area contributed by atoms with E-state index in [2.05, 4.69) is 21.3 Å². The molecule has 0 aliphatic carbocycles. The summed E-state index contributed by atoms with van der Waals surface area (Å²) in [7, 11) is 2.73. The van der Waals surface area contributed by atoms with Crippen molar-refractivity contribution in [1.82, 2.24) is 21.3 Å². The Morgan fingerprint density at radius 3 is 1.33 bits per heavy atom. The Bertz CT molecular complexity index is 897. The first-order chi connectivity index (χ1) is 17.3. The first kappa shape index (κ1) is 29.3. The summed E-state index contributed by atoms with van der Waals surface area (Å²) in [6.45, 7) is 3.66. The lowest BCUT2D eigenvalue weighted by Gasteiger charge is -2.19. The van der Waals surface area contributed by atoms with Crippen LogP contribution in [0.25, 0.3) is 0 Å². The van der Waals surface area contributed by atoms with Crippen molar-refractivity contribution in [2.75, 3.05) is 24.6 Å². The van der Waals surface area contributed by atoms with Crippen LogP contribution in [-0.2, 0) is 32.0 Å². The number of nitrogens with one attached hydrogen (secondary N) is 4. The van der Waals surface area contributed by atoms with E-state index in [9.17, 15) is 19.2 Å². The van der Waals surface area contributed by atoms with Crippen molar-refractivity contribution >= 4 is 45.2 Å². The molecular formula is C26H34N4O4S2. The van der Waals surface area contributed by atoms with E-state index >= 15 is 0 Å². The molecule has 8 nitrogen and oxygen atoms in total. The standard InChI is InChI=1S/C26H34N4O4S2/c1-19(31)29-23(25(33)27-15-13-21-9-5-3-6-10-21)17-35-36-18-24(30-20(2)32)26(34)28-16-14-22-11-7-4-8-12-22/h3-12,23-24H,13-18H2,1-2H3,(H,27,33)(H,28,34)(H,29,31)(H,30,32). The molecule has 4 amide bonds. The van der Waals surface area contributed by atoms with E-state index in [4.69, 9.17) is 0 Å². The van der Waals surface area contributed by atoms with Crippen LogP contribution in [0.5, 0.6) is 0 Å². The molecule has 2 unspecified atom stereocenters. The van der Waals surface area contributed by atoms with E-state index in [1.807, 2.05) is 60.7 Å². The van der Waals surface area contributed by atoms with Crippen LogP contribution in [0.2, 0.25) is 0 Å². The molecule has 0 saturated heterocycles. The molecule has 0 spiro atoms. The maximum atomic E-state index is 12.6. The van der Waals surface area contributed by atoms with Gasteiger partial charge in [-0.1, -0.05) is 82.3 Å². The summed E-state index contributed by atoms with van der Waals surface area (Å²) in [5, 5.41) is 11.1. The van der Waals surface area contributed by atoms with Crippen LogP contribution in [0.4, 0.5) is 0 Å². The normalized spacial score (nSPS) is 12.2. The highest BCUT2D eigenvalue weighted by Crippen LogP contribution is 2.23. The monoisotopic (exact) mass is 530 g/mol. The van der Waals surface area contributed by atoms with Gasteiger partial charge in [0.15, 0.2) is 0 Å². The summed E-state index contributed by atoms with van der Waals surface area (Å²) in [4.78, 5) is 48.4. The molecule has 0 radical (unpaired) electrons. The first-order valence-electron chi connectivity index (χ1n) is 11.8. The van der Waals surface area contributed by atoms with E-state index in [0.717, 1.165) is 11.1 Å². The molecule has 0 fully saturated rings. The Labute approximate surface area is 220 Å². The van der Waals surface area contributed by atoms with Crippen molar-refractivity contribution in [2.45, 2.75) is 38.8 Å². The largest absolute Gasteiger partial charge is 0.354 e. The van der Waals surface area contributed by atoms with Crippen molar-refractivity contribution < 1.29 is 19.2 Å². The number of carbonyl (C=O) groups is 4. The molecule has 36 heavy (non-hydrogen) atoms. The molecule has 10 heteroatoms. The summed E-state index contributed by atoms with van der Waals surface area (Å²) in [5.41, 5.74) is 2.23. The SMILES string of the molecule is CC(=O)NC(CSSCC(NC(C)=O)C(=O)NCCc1ccccc1)C(=O)NCCc1ccccc1. The minimum absolute atomic E-state index is 0.258. The van der Waals surface area contributed by atoms with E-state index < -0.39 is 12.1 Å². The van der Waals surface area contributed by atoms with Gasteiger partial charge in [-0.15, -0.1) is 0 Å². The molecule has 2 aromatic rings. The summed E-state index contributed by atoms with van der Waals surface area (Å²) in [6, 6.07) is 18.2. The summed E-state index contributed by atoms with van der Waals surface area (Å²) >= 11 is 0. The number of amides is 4. The summed E-state index contributed by atoms with van der Waals surface area (Å²) < 4.78 is 0. The van der Waals surface area contributed by atoms with Crippen molar-refractivity contribution in [1.29, 1.82) is 0 Å². The van der Waals surface area contributed by atoms with Gasteiger partial charge in [-0.3, -0.25) is 19.2 Å². The molecule has 0 saturated carbocycles. The second-order valence-corrected chi connectivity index (χ2v) is 10.7. The van der Waals surface area contributed by atoms with Gasteiger partial charge in [0.25, 0.3) is 0 Å². The highest BCUT2D eigenvalue weighted by Gasteiger charge is 2.22. The fourth-order valence-electron chi connectivity index (χ4n) is 3.28. The van der Waals surface area contributed by atoms with Crippen molar-refractivity contribution in [2.24, 2.45) is 0 Å². The molecule has 0 heterocycles. The predicted octanol–water partition coefficient (Wildman–Crippen LogP) is 2.10. The summed E-state index contributed by atoms with van der Waals surface area (Å²) in [6.07, 6.45) is 1.39. The molecule has 0 aliphatic heterocycles. The second kappa shape index (κ2) is 16.6. The maximum absolute atomic E-state index is 12.6. The Balaban J connectivity index is 1.78. The fourth-order valence-corrected chi connectivity index (χ4v) is 5.61. The number of hydrogen-bond acceptors (Lipinski definition) is 6. The summed E-state index contributed by atoms with van der Waals surface area (Å²) in [5.74, 6) is -0.457. The Kier molecular flexibility index (Phi) is 13.5. The van der Waals surface area contributed by atoms with Gasteiger partial charge in [-0.25, -0.2) is 0 Å². The van der Waals surface area contributed by atoms with Crippen molar-refractivity contribution in [3.63, 3.8) is 0 Å². The van der Waals surface area contributed by atoms with Crippen LogP contribution in [0.1, 0.15) is 25.0 Å². The van der Waals surface area contributed by atoms with Gasteiger partial charge in [-0.05, 0) is 24.0 Å². The molecule has 2 atom stereocenters. The van der Waals surface area contributed by atoms with Crippen LogP contribution in [0.15, 0.2) is 60.7 Å². The third kappa shape index (κ3) is 12.1. The molecule has 0 aromatic heterocycles. The maximum Gasteiger partial charge on any atom is 0.243 e. The topological polar surface area (TPSA) is 116 Å². The lowest BCUT2D eigenvalue weighted by molar-refractivity contribution is -0.127. The Hall–Kier alpha value is -2.98. The van der Waals surface area contributed by atoms with E-state index in [1.54, 1.807) is 0 Å². The van der Waals surface area contributed by atoms with Crippen LogP contribution in [0, 0.1) is 0 Å². The quantitative estimate of drug-likeness (QED) is 0.207. The van der Waals surface area contributed by atoms with E-state index in [-0.39, 0.29) is 23.6 Å². The van der Waals surface area contributed by atoms with Gasteiger partial charge in [-0.2, -0.15) is 0 Å². The average Bonchev–Trinajstić information content (AvgIpc) is 2.85. The molecule has 2 aromatic carbocycles. The van der Waals surface area contributed by atoms with Gasteiger partial charge in [0.1, 0.15) is 12.1 Å². The van der Waals surface area contributed by atoms with Gasteiger partial charge in [0.05, 0.1) is 0 Å². The highest BCUT2D eigenvalue weighted by atomic mass is 33.1. The van der Waals surface area contributed by atoms with E-state index in [0.29, 0.717) is 37.4 Å². The number of hydrogen-bond donors (Lipinski definition) is 4. The van der Waals surface area contributed by atoms with Crippen LogP contribution >= 0.6 is 21.6 Å². The highest BCUT2D eigenvalue weighted by molar-refractivity contribution is 8.76. The van der Waals surface area contributed by atoms with Crippen molar-refractivity contribution in [3.05, 3.63) is 71.8 Å². The number of rotatable bonds is 15. The van der Waals surface area contributed by atoms with Gasteiger partial charge < -0.3 is 21.3 Å². The lowest BCUT2D eigenvalue weighted by atomic mass is 10.1. The van der Waals surface area contributed by atoms with Gasteiger partial charge in [0.2, 0.25) is 23.6 Å². The second-order valence-electron chi connectivity index (χ2n) is 8.13. The van der Waals surface area contributed by atoms with Crippen LogP contribution in [-0.4, -0.2) is 60.3 Å². The minimum atomic E-state index is -0.699. The van der Waals surface area contributed by atoms with Crippen LogP contribution < -0.4 is 21.3 Å². The Morgan fingerprint density at radius 1 is 0.639 bits per heavy atom. The fraction of sp³-hybridized carbons (Fsp3) is 0.385. The molecule has 194 valence electrons.